The van der Waals surface area contributed by atoms with Crippen molar-refractivity contribution in [2.24, 2.45) is 0 Å². The van der Waals surface area contributed by atoms with Gasteiger partial charge in [0, 0.05) is 34.5 Å². The standard InChI is InChI=1S/C17H19BrClN3O2S/c1-2-22(11-14-7-8-15(19)25-14)16(23)9-10-20-17(24)21-13-5-3-12(18)4-6-13/h3-8H,2,9-11H2,1H3,(H2,20,21,24). The van der Waals surface area contributed by atoms with Crippen molar-refractivity contribution in [1.82, 2.24) is 10.2 Å². The number of hydrogen-bond donors (Lipinski definition) is 2. The van der Waals surface area contributed by atoms with Gasteiger partial charge in [0.05, 0.1) is 10.9 Å². The zero-order chi connectivity index (χ0) is 18.2. The van der Waals surface area contributed by atoms with Crippen LogP contribution in [0.25, 0.3) is 0 Å². The maximum absolute atomic E-state index is 12.3. The van der Waals surface area contributed by atoms with Gasteiger partial charge in [0.2, 0.25) is 5.91 Å². The number of anilines is 1. The van der Waals surface area contributed by atoms with Gasteiger partial charge in [-0.15, -0.1) is 11.3 Å². The summed E-state index contributed by atoms with van der Waals surface area (Å²) in [6.45, 7) is 3.36. The van der Waals surface area contributed by atoms with Crippen LogP contribution in [0.15, 0.2) is 40.9 Å². The molecule has 0 saturated heterocycles. The van der Waals surface area contributed by atoms with E-state index in [0.717, 1.165) is 9.35 Å². The van der Waals surface area contributed by atoms with Crippen LogP contribution in [-0.4, -0.2) is 29.9 Å². The minimum atomic E-state index is -0.330. The molecule has 2 N–H and O–H groups in total. The first-order chi connectivity index (χ1) is 12.0. The Kier molecular flexibility index (Phi) is 7.74. The summed E-state index contributed by atoms with van der Waals surface area (Å²) in [6, 6.07) is 10.7. The van der Waals surface area contributed by atoms with E-state index in [1.165, 1.54) is 11.3 Å². The minimum absolute atomic E-state index is 0.00374. The van der Waals surface area contributed by atoms with Gasteiger partial charge >= 0.3 is 6.03 Å². The number of halogens is 2. The van der Waals surface area contributed by atoms with E-state index >= 15 is 0 Å². The number of urea groups is 1. The number of carbonyl (C=O) groups is 2. The average molecular weight is 445 g/mol. The van der Waals surface area contributed by atoms with Crippen molar-refractivity contribution in [2.75, 3.05) is 18.4 Å². The highest BCUT2D eigenvalue weighted by Crippen LogP contribution is 2.22. The maximum atomic E-state index is 12.3. The van der Waals surface area contributed by atoms with Crippen LogP contribution < -0.4 is 10.6 Å². The summed E-state index contributed by atoms with van der Waals surface area (Å²) in [5, 5.41) is 5.42. The summed E-state index contributed by atoms with van der Waals surface area (Å²) < 4.78 is 1.65. The van der Waals surface area contributed by atoms with Crippen LogP contribution >= 0.6 is 38.9 Å². The van der Waals surface area contributed by atoms with Gasteiger partial charge in [0.1, 0.15) is 0 Å². The lowest BCUT2D eigenvalue weighted by Crippen LogP contribution is -2.35. The molecule has 0 bridgehead atoms. The van der Waals surface area contributed by atoms with E-state index in [4.69, 9.17) is 11.6 Å². The van der Waals surface area contributed by atoms with Crippen LogP contribution in [0.1, 0.15) is 18.2 Å². The van der Waals surface area contributed by atoms with Crippen LogP contribution in [0.2, 0.25) is 4.34 Å². The summed E-state index contributed by atoms with van der Waals surface area (Å²) in [5.41, 5.74) is 0.691. The fraction of sp³-hybridized carbons (Fsp3) is 0.294. The van der Waals surface area contributed by atoms with Crippen molar-refractivity contribution in [1.29, 1.82) is 0 Å². The number of benzene rings is 1. The molecule has 0 aliphatic rings. The third-order valence-electron chi connectivity index (χ3n) is 3.44. The number of carbonyl (C=O) groups excluding carboxylic acids is 2. The molecule has 0 saturated carbocycles. The molecule has 0 aliphatic heterocycles. The van der Waals surface area contributed by atoms with Crippen LogP contribution in [0, 0.1) is 0 Å². The highest BCUT2D eigenvalue weighted by molar-refractivity contribution is 9.10. The van der Waals surface area contributed by atoms with Crippen LogP contribution in [0.5, 0.6) is 0 Å². The van der Waals surface area contributed by atoms with Crippen molar-refractivity contribution >= 4 is 56.5 Å². The molecule has 134 valence electrons. The molecular formula is C17H19BrClN3O2S. The molecule has 1 aromatic heterocycles. The van der Waals surface area contributed by atoms with Crippen molar-refractivity contribution in [3.05, 3.63) is 50.1 Å². The number of hydrogen-bond acceptors (Lipinski definition) is 3. The number of rotatable bonds is 7. The Labute approximate surface area is 164 Å². The van der Waals surface area contributed by atoms with Crippen LogP contribution in [0.3, 0.4) is 0 Å². The fourth-order valence-corrected chi connectivity index (χ4v) is 3.52. The van der Waals surface area contributed by atoms with Crippen LogP contribution in [0.4, 0.5) is 10.5 Å². The van der Waals surface area contributed by atoms with E-state index in [-0.39, 0.29) is 24.9 Å². The summed E-state index contributed by atoms with van der Waals surface area (Å²) in [6.07, 6.45) is 0.251. The summed E-state index contributed by atoms with van der Waals surface area (Å²) in [7, 11) is 0. The maximum Gasteiger partial charge on any atom is 0.319 e. The Morgan fingerprint density at radius 3 is 2.52 bits per heavy atom. The zero-order valence-electron chi connectivity index (χ0n) is 13.7. The van der Waals surface area contributed by atoms with Gasteiger partial charge in [-0.25, -0.2) is 4.79 Å². The molecule has 0 aliphatic carbocycles. The summed E-state index contributed by atoms with van der Waals surface area (Å²) >= 11 is 10.7. The third kappa shape index (κ3) is 6.68. The number of thiophene rings is 1. The van der Waals surface area contributed by atoms with Gasteiger partial charge in [-0.05, 0) is 43.3 Å². The largest absolute Gasteiger partial charge is 0.338 e. The van der Waals surface area contributed by atoms with E-state index in [2.05, 4.69) is 26.6 Å². The molecule has 1 aromatic carbocycles. The predicted octanol–water partition coefficient (Wildman–Crippen LogP) is 4.72. The lowest BCUT2D eigenvalue weighted by atomic mass is 10.3. The van der Waals surface area contributed by atoms with E-state index in [9.17, 15) is 9.59 Å². The fourth-order valence-electron chi connectivity index (χ4n) is 2.15. The second-order valence-electron chi connectivity index (χ2n) is 5.25. The second-order valence-corrected chi connectivity index (χ2v) is 7.97. The van der Waals surface area contributed by atoms with E-state index in [1.54, 1.807) is 17.0 Å². The zero-order valence-corrected chi connectivity index (χ0v) is 16.9. The molecule has 5 nitrogen and oxygen atoms in total. The van der Waals surface area contributed by atoms with Gasteiger partial charge in [0.25, 0.3) is 0 Å². The predicted molar refractivity (Wildman–Crippen MR) is 106 cm³/mol. The van der Waals surface area contributed by atoms with E-state index in [1.807, 2.05) is 31.2 Å². The average Bonchev–Trinajstić information content (AvgIpc) is 2.99. The minimum Gasteiger partial charge on any atom is -0.338 e. The molecule has 1 heterocycles. The van der Waals surface area contributed by atoms with Gasteiger partial charge < -0.3 is 15.5 Å². The summed E-state index contributed by atoms with van der Waals surface area (Å²) in [4.78, 5) is 26.9. The molecular weight excluding hydrogens is 426 g/mol. The quantitative estimate of drug-likeness (QED) is 0.649. The third-order valence-corrected chi connectivity index (χ3v) is 5.18. The van der Waals surface area contributed by atoms with Crippen molar-refractivity contribution in [2.45, 2.75) is 19.9 Å². The number of amides is 3. The molecule has 0 atom stereocenters. The topological polar surface area (TPSA) is 61.4 Å². The van der Waals surface area contributed by atoms with Gasteiger partial charge in [0.15, 0.2) is 0 Å². The van der Waals surface area contributed by atoms with Gasteiger partial charge in [-0.3, -0.25) is 4.79 Å². The van der Waals surface area contributed by atoms with Crippen molar-refractivity contribution in [3.8, 4) is 0 Å². The molecule has 0 spiro atoms. The number of nitrogens with one attached hydrogen (secondary N) is 2. The van der Waals surface area contributed by atoms with E-state index in [0.29, 0.717) is 23.1 Å². The Bertz CT molecular complexity index is 721. The first-order valence-electron chi connectivity index (χ1n) is 7.80. The number of nitrogens with zero attached hydrogens (tertiary/aromatic N) is 1. The molecule has 0 unspecified atom stereocenters. The van der Waals surface area contributed by atoms with Gasteiger partial charge in [-0.2, -0.15) is 0 Å². The Morgan fingerprint density at radius 2 is 1.92 bits per heavy atom. The molecule has 2 aromatic rings. The van der Waals surface area contributed by atoms with Gasteiger partial charge in [-0.1, -0.05) is 27.5 Å². The first-order valence-corrected chi connectivity index (χ1v) is 9.79. The smallest absolute Gasteiger partial charge is 0.319 e. The Hall–Kier alpha value is -1.57. The lowest BCUT2D eigenvalue weighted by Gasteiger charge is -2.20. The second kappa shape index (κ2) is 9.79. The van der Waals surface area contributed by atoms with Crippen molar-refractivity contribution in [3.63, 3.8) is 0 Å². The van der Waals surface area contributed by atoms with E-state index < -0.39 is 0 Å². The van der Waals surface area contributed by atoms with Crippen LogP contribution in [-0.2, 0) is 11.3 Å². The summed E-state index contributed by atoms with van der Waals surface area (Å²) in [5.74, 6) is -0.00374. The highest BCUT2D eigenvalue weighted by atomic mass is 79.9. The monoisotopic (exact) mass is 443 g/mol. The Balaban J connectivity index is 1.74. The first kappa shape index (κ1) is 19.8. The normalized spacial score (nSPS) is 10.4. The molecule has 25 heavy (non-hydrogen) atoms. The highest BCUT2D eigenvalue weighted by Gasteiger charge is 2.13. The van der Waals surface area contributed by atoms with Crippen molar-refractivity contribution < 1.29 is 9.59 Å². The molecule has 2 rings (SSSR count). The Morgan fingerprint density at radius 1 is 1.20 bits per heavy atom. The molecule has 3 amide bonds. The SMILES string of the molecule is CCN(Cc1ccc(Cl)s1)C(=O)CCNC(=O)Nc1ccc(Br)cc1. The molecule has 0 radical (unpaired) electrons. The molecule has 0 fully saturated rings. The lowest BCUT2D eigenvalue weighted by molar-refractivity contribution is -0.131. The molecule has 8 heteroatoms.